The van der Waals surface area contributed by atoms with Crippen molar-refractivity contribution in [3.05, 3.63) is 44.3 Å². The van der Waals surface area contributed by atoms with Gasteiger partial charge in [0.2, 0.25) is 0 Å². The average molecular weight is 332 g/mol. The highest BCUT2D eigenvalue weighted by Crippen LogP contribution is 2.11. The van der Waals surface area contributed by atoms with Gasteiger partial charge in [0.05, 0.1) is 0 Å². The number of sulfonamides is 1. The summed E-state index contributed by atoms with van der Waals surface area (Å²) in [5.41, 5.74) is -1.57. The molecule has 11 heteroatoms. The van der Waals surface area contributed by atoms with Crippen LogP contribution < -0.4 is 16.0 Å². The quantitative estimate of drug-likeness (QED) is 0.797. The first-order valence-electron chi connectivity index (χ1n) is 5.51. The first-order chi connectivity index (χ1) is 9.72. The van der Waals surface area contributed by atoms with E-state index in [1.807, 2.05) is 0 Å². The molecular formula is C10H10ClN5O4S. The van der Waals surface area contributed by atoms with Crippen LogP contribution in [0.3, 0.4) is 0 Å². The maximum Gasteiger partial charge on any atom is 0.330 e. The van der Waals surface area contributed by atoms with E-state index in [4.69, 9.17) is 11.6 Å². The van der Waals surface area contributed by atoms with Gasteiger partial charge in [0, 0.05) is 20.3 Å². The van der Waals surface area contributed by atoms with E-state index in [-0.39, 0.29) is 11.0 Å². The summed E-state index contributed by atoms with van der Waals surface area (Å²) in [5, 5.41) is 7.10. The summed E-state index contributed by atoms with van der Waals surface area (Å²) in [4.78, 5) is 22.9. The van der Waals surface area contributed by atoms with Crippen LogP contribution >= 0.6 is 11.6 Å². The average Bonchev–Trinajstić information content (AvgIpc) is 2.42. The van der Waals surface area contributed by atoms with Crippen LogP contribution in [-0.4, -0.2) is 27.7 Å². The number of rotatable bonds is 3. The van der Waals surface area contributed by atoms with Crippen molar-refractivity contribution in [2.24, 2.45) is 14.1 Å². The van der Waals surface area contributed by atoms with Crippen LogP contribution in [0.4, 0.5) is 5.82 Å². The van der Waals surface area contributed by atoms with Crippen LogP contribution in [-0.2, 0) is 24.1 Å². The van der Waals surface area contributed by atoms with Gasteiger partial charge in [-0.3, -0.25) is 14.1 Å². The SMILES string of the molecule is Cn1cc(S(=O)(=O)Nc2ccc(Cl)nn2)c(=O)n(C)c1=O. The van der Waals surface area contributed by atoms with Crippen LogP contribution in [0.5, 0.6) is 0 Å². The lowest BCUT2D eigenvalue weighted by atomic mass is 10.5. The number of aromatic nitrogens is 4. The van der Waals surface area contributed by atoms with Crippen molar-refractivity contribution in [1.82, 2.24) is 19.3 Å². The second kappa shape index (κ2) is 5.30. The van der Waals surface area contributed by atoms with E-state index in [1.54, 1.807) is 0 Å². The van der Waals surface area contributed by atoms with Crippen LogP contribution in [0.25, 0.3) is 0 Å². The molecule has 9 nitrogen and oxygen atoms in total. The zero-order chi connectivity index (χ0) is 15.8. The third-order valence-electron chi connectivity index (χ3n) is 2.58. The van der Waals surface area contributed by atoms with Crippen LogP contribution in [0.15, 0.2) is 32.8 Å². The third kappa shape index (κ3) is 2.95. The summed E-state index contributed by atoms with van der Waals surface area (Å²) in [6, 6.07) is 2.63. The molecule has 0 spiro atoms. The maximum atomic E-state index is 12.2. The molecule has 0 amide bonds. The molecule has 2 rings (SSSR count). The minimum atomic E-state index is -4.21. The van der Waals surface area contributed by atoms with E-state index in [9.17, 15) is 18.0 Å². The number of aryl methyl sites for hydroxylation is 1. The Morgan fingerprint density at radius 3 is 2.43 bits per heavy atom. The lowest BCUT2D eigenvalue weighted by Gasteiger charge is -2.09. The highest BCUT2D eigenvalue weighted by atomic mass is 35.5. The van der Waals surface area contributed by atoms with Gasteiger partial charge in [0.1, 0.15) is 0 Å². The van der Waals surface area contributed by atoms with Crippen molar-refractivity contribution in [2.45, 2.75) is 4.90 Å². The van der Waals surface area contributed by atoms with Crippen molar-refractivity contribution in [3.63, 3.8) is 0 Å². The van der Waals surface area contributed by atoms with Gasteiger partial charge < -0.3 is 4.57 Å². The molecule has 0 aliphatic carbocycles. The Labute approximate surface area is 123 Å². The predicted molar refractivity (Wildman–Crippen MR) is 74.8 cm³/mol. The van der Waals surface area contributed by atoms with Gasteiger partial charge in [-0.25, -0.2) is 13.2 Å². The Balaban J connectivity index is 2.53. The molecule has 0 aliphatic rings. The van der Waals surface area contributed by atoms with Crippen LogP contribution in [0.1, 0.15) is 0 Å². The van der Waals surface area contributed by atoms with Gasteiger partial charge in [-0.05, 0) is 12.1 Å². The summed E-state index contributed by atoms with van der Waals surface area (Å²) >= 11 is 5.54. The first kappa shape index (κ1) is 15.2. The lowest BCUT2D eigenvalue weighted by molar-refractivity contribution is 0.589. The highest BCUT2D eigenvalue weighted by Gasteiger charge is 2.22. The Hall–Kier alpha value is -2.20. The fourth-order valence-electron chi connectivity index (χ4n) is 1.52. The largest absolute Gasteiger partial charge is 0.330 e. The number of hydrogen-bond acceptors (Lipinski definition) is 6. The normalized spacial score (nSPS) is 11.4. The Kier molecular flexibility index (Phi) is 3.83. The monoisotopic (exact) mass is 331 g/mol. The van der Waals surface area contributed by atoms with Crippen LogP contribution in [0.2, 0.25) is 5.15 Å². The number of anilines is 1. The molecule has 0 aromatic carbocycles. The Morgan fingerprint density at radius 2 is 1.86 bits per heavy atom. The van der Waals surface area contributed by atoms with Gasteiger partial charge in [0.25, 0.3) is 15.6 Å². The van der Waals surface area contributed by atoms with Gasteiger partial charge in [-0.2, -0.15) is 0 Å². The van der Waals surface area contributed by atoms with E-state index < -0.39 is 26.2 Å². The van der Waals surface area contributed by atoms with E-state index in [1.165, 1.54) is 26.2 Å². The fraction of sp³-hybridized carbons (Fsp3) is 0.200. The van der Waals surface area contributed by atoms with Crippen molar-refractivity contribution in [2.75, 3.05) is 4.72 Å². The van der Waals surface area contributed by atoms with Gasteiger partial charge in [0.15, 0.2) is 15.9 Å². The van der Waals surface area contributed by atoms with E-state index >= 15 is 0 Å². The first-order valence-corrected chi connectivity index (χ1v) is 7.37. The van der Waals surface area contributed by atoms with Crippen molar-refractivity contribution < 1.29 is 8.42 Å². The van der Waals surface area contributed by atoms with Gasteiger partial charge >= 0.3 is 5.69 Å². The Bertz CT molecular complexity index is 901. The smallest absolute Gasteiger partial charge is 0.302 e. The molecule has 0 atom stereocenters. The highest BCUT2D eigenvalue weighted by molar-refractivity contribution is 7.92. The zero-order valence-corrected chi connectivity index (χ0v) is 12.5. The number of halogens is 1. The minimum Gasteiger partial charge on any atom is -0.302 e. The zero-order valence-electron chi connectivity index (χ0n) is 10.9. The molecule has 0 saturated heterocycles. The summed E-state index contributed by atoms with van der Waals surface area (Å²) in [5.74, 6) is -0.102. The predicted octanol–water partition coefficient (Wildman–Crippen LogP) is -0.672. The second-order valence-corrected chi connectivity index (χ2v) is 6.14. The van der Waals surface area contributed by atoms with Gasteiger partial charge in [-0.15, -0.1) is 10.2 Å². The summed E-state index contributed by atoms with van der Waals surface area (Å²) in [6.45, 7) is 0. The molecule has 2 heterocycles. The molecular weight excluding hydrogens is 322 g/mol. The number of hydrogen-bond donors (Lipinski definition) is 1. The Morgan fingerprint density at radius 1 is 1.19 bits per heavy atom. The summed E-state index contributed by atoms with van der Waals surface area (Å²) in [6.07, 6.45) is 0.941. The molecule has 2 aromatic rings. The molecule has 0 fully saturated rings. The molecule has 21 heavy (non-hydrogen) atoms. The number of nitrogens with one attached hydrogen (secondary N) is 1. The molecule has 1 N–H and O–H groups in total. The molecule has 112 valence electrons. The van der Waals surface area contributed by atoms with Crippen molar-refractivity contribution in [1.29, 1.82) is 0 Å². The van der Waals surface area contributed by atoms with E-state index in [0.717, 1.165) is 10.8 Å². The van der Waals surface area contributed by atoms with Crippen molar-refractivity contribution >= 4 is 27.4 Å². The topological polar surface area (TPSA) is 116 Å². The lowest BCUT2D eigenvalue weighted by Crippen LogP contribution is -2.40. The molecule has 0 saturated carbocycles. The maximum absolute atomic E-state index is 12.2. The standard InChI is InChI=1S/C10H10ClN5O4S/c1-15-5-6(9(17)16(2)10(15)18)21(19,20)14-8-4-3-7(11)12-13-8/h3-5H,1-2H3,(H,13,14). The fourth-order valence-corrected chi connectivity index (χ4v) is 2.78. The van der Waals surface area contributed by atoms with Crippen molar-refractivity contribution in [3.8, 4) is 0 Å². The summed E-state index contributed by atoms with van der Waals surface area (Å²) in [7, 11) is -1.68. The molecule has 0 radical (unpaired) electrons. The molecule has 0 unspecified atom stereocenters. The minimum absolute atomic E-state index is 0.0935. The third-order valence-corrected chi connectivity index (χ3v) is 4.11. The van der Waals surface area contributed by atoms with Gasteiger partial charge in [-0.1, -0.05) is 11.6 Å². The second-order valence-electron chi connectivity index (χ2n) is 4.10. The summed E-state index contributed by atoms with van der Waals surface area (Å²) < 4.78 is 28.1. The molecule has 2 aromatic heterocycles. The number of nitrogens with zero attached hydrogens (tertiary/aromatic N) is 4. The van der Waals surface area contributed by atoms with E-state index in [0.29, 0.717) is 4.57 Å². The van der Waals surface area contributed by atoms with E-state index in [2.05, 4.69) is 14.9 Å². The van der Waals surface area contributed by atoms with Crippen LogP contribution in [0, 0.1) is 0 Å². The molecule has 0 aliphatic heterocycles. The molecule has 0 bridgehead atoms.